The van der Waals surface area contributed by atoms with E-state index in [0.29, 0.717) is 0 Å². The Labute approximate surface area is 55.7 Å². The zero-order valence-electron chi connectivity index (χ0n) is 5.16. The molecule has 0 amide bonds. The lowest BCUT2D eigenvalue weighted by Crippen LogP contribution is -2.17. The summed E-state index contributed by atoms with van der Waals surface area (Å²) in [5.74, 6) is 0. The molecule has 1 heterocycles. The quantitative estimate of drug-likeness (QED) is 0.462. The van der Waals surface area contributed by atoms with Crippen LogP contribution in [0.3, 0.4) is 0 Å². The van der Waals surface area contributed by atoms with Crippen molar-refractivity contribution in [1.82, 2.24) is 4.57 Å². The van der Waals surface area contributed by atoms with Crippen LogP contribution in [0.2, 0.25) is 0 Å². The fourth-order valence-electron chi connectivity index (χ4n) is 0.615. The van der Waals surface area contributed by atoms with Crippen LogP contribution in [0.15, 0.2) is 23.1 Å². The summed E-state index contributed by atoms with van der Waals surface area (Å²) in [5, 5.41) is 1.03. The SMILES string of the molecule is Cn1cc(P)ccc1=O. The third-order valence-electron chi connectivity index (χ3n) is 1.11. The summed E-state index contributed by atoms with van der Waals surface area (Å²) in [5.41, 5.74) is 0.0289. The summed E-state index contributed by atoms with van der Waals surface area (Å²) in [4.78, 5) is 10.7. The first-order chi connectivity index (χ1) is 4.20. The van der Waals surface area contributed by atoms with E-state index in [4.69, 9.17) is 0 Å². The number of rotatable bonds is 0. The zero-order chi connectivity index (χ0) is 6.85. The van der Waals surface area contributed by atoms with Crippen LogP contribution in [-0.4, -0.2) is 4.57 Å². The molecule has 1 unspecified atom stereocenters. The van der Waals surface area contributed by atoms with Gasteiger partial charge in [-0.1, -0.05) is 0 Å². The molecule has 0 radical (unpaired) electrons. The van der Waals surface area contributed by atoms with Crippen LogP contribution in [0.1, 0.15) is 0 Å². The average molecular weight is 141 g/mol. The topological polar surface area (TPSA) is 22.0 Å². The Hall–Kier alpha value is -0.620. The van der Waals surface area contributed by atoms with Crippen LogP contribution in [-0.2, 0) is 7.05 Å². The fourth-order valence-corrected chi connectivity index (χ4v) is 0.935. The van der Waals surface area contributed by atoms with E-state index in [2.05, 4.69) is 9.24 Å². The Balaban J connectivity index is 3.34. The second-order valence-corrected chi connectivity index (χ2v) is 2.58. The lowest BCUT2D eigenvalue weighted by Gasteiger charge is -1.94. The molecule has 1 aromatic heterocycles. The molecular formula is C6H8NOP. The predicted octanol–water partition coefficient (Wildman–Crippen LogP) is -0.114. The normalized spacial score (nSPS) is 9.56. The Morgan fingerprint density at radius 2 is 2.22 bits per heavy atom. The molecule has 48 valence electrons. The molecule has 0 aliphatic carbocycles. The first-order valence-corrected chi connectivity index (χ1v) is 3.20. The van der Waals surface area contributed by atoms with Gasteiger partial charge >= 0.3 is 0 Å². The van der Waals surface area contributed by atoms with Crippen molar-refractivity contribution in [1.29, 1.82) is 0 Å². The van der Waals surface area contributed by atoms with Crippen molar-refractivity contribution in [3.8, 4) is 0 Å². The Morgan fingerprint density at radius 1 is 1.56 bits per heavy atom. The number of pyridine rings is 1. The van der Waals surface area contributed by atoms with E-state index in [-0.39, 0.29) is 5.56 Å². The average Bonchev–Trinajstić information content (AvgIpc) is 1.80. The Bertz CT molecular complexity index is 266. The summed E-state index contributed by atoms with van der Waals surface area (Å²) in [6.07, 6.45) is 1.77. The van der Waals surface area contributed by atoms with Crippen molar-refractivity contribution in [3.63, 3.8) is 0 Å². The van der Waals surface area contributed by atoms with Crippen LogP contribution in [0.25, 0.3) is 0 Å². The predicted molar refractivity (Wildman–Crippen MR) is 41.0 cm³/mol. The van der Waals surface area contributed by atoms with Gasteiger partial charge in [-0.15, -0.1) is 9.24 Å². The highest BCUT2D eigenvalue weighted by molar-refractivity contribution is 7.27. The maximum absolute atomic E-state index is 10.7. The summed E-state index contributed by atoms with van der Waals surface area (Å²) >= 11 is 0. The first kappa shape index (κ1) is 6.50. The lowest BCUT2D eigenvalue weighted by molar-refractivity contribution is 0.866. The molecule has 0 aromatic carbocycles. The van der Waals surface area contributed by atoms with Crippen molar-refractivity contribution in [3.05, 3.63) is 28.7 Å². The highest BCUT2D eigenvalue weighted by Crippen LogP contribution is 1.81. The van der Waals surface area contributed by atoms with Crippen molar-refractivity contribution in [2.75, 3.05) is 0 Å². The highest BCUT2D eigenvalue weighted by Gasteiger charge is 1.86. The van der Waals surface area contributed by atoms with Crippen molar-refractivity contribution < 1.29 is 0 Å². The number of hydrogen-bond donors (Lipinski definition) is 0. The monoisotopic (exact) mass is 141 g/mol. The molecule has 0 spiro atoms. The van der Waals surface area contributed by atoms with Gasteiger partial charge in [0.05, 0.1) is 0 Å². The van der Waals surface area contributed by atoms with Gasteiger partial charge in [-0.2, -0.15) is 0 Å². The number of hydrogen-bond acceptors (Lipinski definition) is 1. The van der Waals surface area contributed by atoms with Gasteiger partial charge in [0.25, 0.3) is 0 Å². The number of aryl methyl sites for hydroxylation is 1. The number of nitrogens with zero attached hydrogens (tertiary/aromatic N) is 1. The molecule has 9 heavy (non-hydrogen) atoms. The molecule has 0 N–H and O–H groups in total. The first-order valence-electron chi connectivity index (χ1n) is 2.62. The molecule has 0 fully saturated rings. The van der Waals surface area contributed by atoms with E-state index < -0.39 is 0 Å². The van der Waals surface area contributed by atoms with E-state index in [1.807, 2.05) is 0 Å². The van der Waals surface area contributed by atoms with Crippen LogP contribution in [0, 0.1) is 0 Å². The molecule has 0 bridgehead atoms. The third-order valence-corrected chi connectivity index (χ3v) is 1.45. The zero-order valence-corrected chi connectivity index (χ0v) is 6.32. The minimum Gasteiger partial charge on any atom is -0.318 e. The Morgan fingerprint density at radius 3 is 2.67 bits per heavy atom. The maximum atomic E-state index is 10.7. The van der Waals surface area contributed by atoms with E-state index in [0.717, 1.165) is 5.30 Å². The van der Waals surface area contributed by atoms with Crippen molar-refractivity contribution in [2.24, 2.45) is 7.05 Å². The van der Waals surface area contributed by atoms with E-state index in [9.17, 15) is 4.79 Å². The largest absolute Gasteiger partial charge is 0.318 e. The van der Waals surface area contributed by atoms with Crippen LogP contribution < -0.4 is 10.9 Å². The fraction of sp³-hybridized carbons (Fsp3) is 0.167. The van der Waals surface area contributed by atoms with Gasteiger partial charge in [0.1, 0.15) is 0 Å². The van der Waals surface area contributed by atoms with Gasteiger partial charge in [0, 0.05) is 19.3 Å². The van der Waals surface area contributed by atoms with Crippen LogP contribution in [0.4, 0.5) is 0 Å². The van der Waals surface area contributed by atoms with E-state index in [1.54, 1.807) is 29.9 Å². The molecule has 0 aliphatic rings. The molecule has 1 atom stereocenters. The molecule has 1 rings (SSSR count). The molecule has 0 saturated carbocycles. The molecule has 1 aromatic rings. The van der Waals surface area contributed by atoms with Gasteiger partial charge in [0.15, 0.2) is 0 Å². The van der Waals surface area contributed by atoms with Gasteiger partial charge in [-0.05, 0) is 11.4 Å². The van der Waals surface area contributed by atoms with Crippen LogP contribution in [0.5, 0.6) is 0 Å². The van der Waals surface area contributed by atoms with Gasteiger partial charge in [-0.3, -0.25) is 4.79 Å². The van der Waals surface area contributed by atoms with Gasteiger partial charge in [0.2, 0.25) is 5.56 Å². The van der Waals surface area contributed by atoms with Gasteiger partial charge in [-0.25, -0.2) is 0 Å². The summed E-state index contributed by atoms with van der Waals surface area (Å²) in [6.45, 7) is 0. The highest BCUT2D eigenvalue weighted by atomic mass is 31.0. The maximum Gasteiger partial charge on any atom is 0.250 e. The smallest absolute Gasteiger partial charge is 0.250 e. The number of aromatic nitrogens is 1. The molecule has 0 aliphatic heterocycles. The second kappa shape index (κ2) is 2.32. The second-order valence-electron chi connectivity index (χ2n) is 1.91. The molecule has 0 saturated heterocycles. The third kappa shape index (κ3) is 1.39. The lowest BCUT2D eigenvalue weighted by atomic mass is 10.5. The summed E-state index contributed by atoms with van der Waals surface area (Å²) in [7, 11) is 4.26. The van der Waals surface area contributed by atoms with Crippen LogP contribution >= 0.6 is 9.24 Å². The van der Waals surface area contributed by atoms with E-state index in [1.165, 1.54) is 0 Å². The van der Waals surface area contributed by atoms with Crippen molar-refractivity contribution >= 4 is 14.5 Å². The summed E-state index contributed by atoms with van der Waals surface area (Å²) in [6, 6.07) is 3.31. The minimum absolute atomic E-state index is 0.0289. The standard InChI is InChI=1S/C6H8NOP/c1-7-4-5(9)2-3-6(7)8/h2-4H,9H2,1H3. The Kier molecular flexibility index (Phi) is 1.68. The van der Waals surface area contributed by atoms with Gasteiger partial charge < -0.3 is 4.57 Å². The molecule has 2 nitrogen and oxygen atoms in total. The minimum atomic E-state index is 0.0289. The molecular weight excluding hydrogens is 133 g/mol. The molecule has 3 heteroatoms. The van der Waals surface area contributed by atoms with E-state index >= 15 is 0 Å². The van der Waals surface area contributed by atoms with Crippen molar-refractivity contribution in [2.45, 2.75) is 0 Å². The summed E-state index contributed by atoms with van der Waals surface area (Å²) < 4.78 is 1.54.